The zero-order valence-electron chi connectivity index (χ0n) is 6.05. The van der Waals surface area contributed by atoms with Crippen LogP contribution < -0.4 is 11.2 Å². The van der Waals surface area contributed by atoms with Gasteiger partial charge in [-0.3, -0.25) is 0 Å². The number of carbonyl (C=O) groups excluding carboxylic acids is 4. The van der Waals surface area contributed by atoms with Crippen molar-refractivity contribution in [1.82, 2.24) is 10.4 Å². The van der Waals surface area contributed by atoms with E-state index in [2.05, 4.69) is 15.9 Å². The summed E-state index contributed by atoms with van der Waals surface area (Å²) in [5.41, 5.74) is 6.12. The Morgan fingerprint density at radius 1 is 1.31 bits per heavy atom. The normalized spacial score (nSPS) is 7.38. The highest BCUT2D eigenvalue weighted by Crippen LogP contribution is 1.88. The van der Waals surface area contributed by atoms with Crippen molar-refractivity contribution in [1.29, 1.82) is 0 Å². The van der Waals surface area contributed by atoms with E-state index in [-0.39, 0.29) is 5.01 Å². The molecule has 0 spiro atoms. The van der Waals surface area contributed by atoms with Gasteiger partial charge in [-0.2, -0.15) is 0 Å². The molecule has 0 saturated carbocycles. The van der Waals surface area contributed by atoms with Gasteiger partial charge in [-0.15, -0.1) is 5.01 Å². The van der Waals surface area contributed by atoms with Gasteiger partial charge in [0.05, 0.1) is 0 Å². The van der Waals surface area contributed by atoms with Gasteiger partial charge in [-0.1, -0.05) is 10.2 Å². The average molecular weight is 185 g/mol. The Hall–Kier alpha value is -2.50. The van der Waals surface area contributed by atoms with Crippen molar-refractivity contribution < 1.29 is 19.2 Å². The summed E-state index contributed by atoms with van der Waals surface area (Å²) < 4.78 is 0. The molecule has 0 heterocycles. The number of amides is 4. The van der Waals surface area contributed by atoms with Crippen LogP contribution in [0.15, 0.2) is 10.2 Å². The van der Waals surface area contributed by atoms with Crippen LogP contribution in [0, 0.1) is 0 Å². The molecule has 0 fully saturated rings. The summed E-state index contributed by atoms with van der Waals surface area (Å²) in [5.74, 6) is 0. The molecule has 68 valence electrons. The molecular weight excluding hydrogens is 182 g/mol. The van der Waals surface area contributed by atoms with E-state index in [1.807, 2.05) is 0 Å². The number of hydrogen-bond donors (Lipinski definition) is 2. The molecule has 9 heteroatoms. The fourth-order valence-corrected chi connectivity index (χ4v) is 0.354. The van der Waals surface area contributed by atoms with Gasteiger partial charge in [0.25, 0.3) is 12.2 Å². The van der Waals surface area contributed by atoms with Crippen LogP contribution in [0.2, 0.25) is 0 Å². The van der Waals surface area contributed by atoms with E-state index in [4.69, 9.17) is 0 Å². The molecule has 0 aliphatic heterocycles. The summed E-state index contributed by atoms with van der Waals surface area (Å²) in [6.45, 7) is 0. The molecule has 0 unspecified atom stereocenters. The molecule has 13 heavy (non-hydrogen) atoms. The van der Waals surface area contributed by atoms with E-state index in [9.17, 15) is 19.2 Å². The Balaban J connectivity index is 4.55. The minimum absolute atomic E-state index is 0.0617. The van der Waals surface area contributed by atoms with Gasteiger partial charge >= 0.3 is 12.1 Å². The average Bonchev–Trinajstić information content (AvgIpc) is 2.09. The molecule has 0 aliphatic rings. The van der Waals surface area contributed by atoms with Crippen molar-refractivity contribution in [3.63, 3.8) is 0 Å². The third kappa shape index (κ3) is 3.42. The zero-order valence-corrected chi connectivity index (χ0v) is 6.05. The summed E-state index contributed by atoms with van der Waals surface area (Å²) in [7, 11) is 0. The predicted octanol–water partition coefficient (Wildman–Crippen LogP) is -1.42. The fourth-order valence-electron chi connectivity index (χ4n) is 0.354. The van der Waals surface area contributed by atoms with Crippen molar-refractivity contribution in [2.75, 3.05) is 0 Å². The number of urea groups is 2. The Morgan fingerprint density at radius 3 is 2.31 bits per heavy atom. The first-order chi connectivity index (χ1) is 6.13. The van der Waals surface area contributed by atoms with E-state index in [0.29, 0.717) is 0 Å². The quantitative estimate of drug-likeness (QED) is 0.310. The molecule has 0 aromatic carbocycles. The Bertz CT molecular complexity index is 310. The summed E-state index contributed by atoms with van der Waals surface area (Å²) in [6, 6.07) is -2.58. The lowest BCUT2D eigenvalue weighted by atomic mass is 10.9. The molecule has 4 amide bonds. The van der Waals surface area contributed by atoms with Crippen LogP contribution in [-0.4, -0.2) is 29.2 Å². The van der Waals surface area contributed by atoms with E-state index < -0.39 is 12.1 Å². The molecule has 0 rings (SSSR count). The molecule has 0 aromatic heterocycles. The van der Waals surface area contributed by atoms with Crippen molar-refractivity contribution in [3.05, 3.63) is 0 Å². The van der Waals surface area contributed by atoms with Crippen molar-refractivity contribution >= 4 is 24.2 Å². The maximum absolute atomic E-state index is 10.7. The number of isocyanates is 2. The standard InChI is InChI=1S/C4H3N5O4/c5-3(12)9(7-2-11)4(13)8-6-1-10/h(H2,5,12)(H,8,13). The van der Waals surface area contributed by atoms with Crippen LogP contribution in [0.5, 0.6) is 0 Å². The van der Waals surface area contributed by atoms with Crippen molar-refractivity contribution in [2.24, 2.45) is 15.9 Å². The van der Waals surface area contributed by atoms with E-state index in [1.165, 1.54) is 5.43 Å². The molecule has 0 radical (unpaired) electrons. The lowest BCUT2D eigenvalue weighted by Crippen LogP contribution is -2.41. The van der Waals surface area contributed by atoms with E-state index in [1.54, 1.807) is 0 Å². The topological polar surface area (TPSA) is 134 Å². The molecule has 0 aromatic rings. The number of hydrazone groups is 2. The second kappa shape index (κ2) is 5.19. The van der Waals surface area contributed by atoms with Gasteiger partial charge in [-0.05, 0) is 0 Å². The highest BCUT2D eigenvalue weighted by atomic mass is 16.2. The van der Waals surface area contributed by atoms with Crippen LogP contribution in [0.3, 0.4) is 0 Å². The maximum atomic E-state index is 10.7. The van der Waals surface area contributed by atoms with Gasteiger partial charge in [0.15, 0.2) is 0 Å². The summed E-state index contributed by atoms with van der Waals surface area (Å²) in [5, 5.41) is 5.18. The van der Waals surface area contributed by atoms with Crippen molar-refractivity contribution in [2.45, 2.75) is 0 Å². The first-order valence-corrected chi connectivity index (χ1v) is 2.67. The summed E-state index contributed by atoms with van der Waals surface area (Å²) in [4.78, 5) is 40.3. The minimum atomic E-state index is -1.32. The van der Waals surface area contributed by atoms with Crippen LogP contribution in [0.4, 0.5) is 9.59 Å². The van der Waals surface area contributed by atoms with E-state index in [0.717, 1.165) is 12.2 Å². The molecule has 0 bridgehead atoms. The predicted molar refractivity (Wildman–Crippen MR) is 36.2 cm³/mol. The molecule has 0 atom stereocenters. The van der Waals surface area contributed by atoms with Crippen LogP contribution >= 0.6 is 0 Å². The zero-order chi connectivity index (χ0) is 10.3. The minimum Gasteiger partial charge on any atom is -0.350 e. The van der Waals surface area contributed by atoms with E-state index >= 15 is 0 Å². The van der Waals surface area contributed by atoms with Gasteiger partial charge in [0.1, 0.15) is 0 Å². The summed E-state index contributed by atoms with van der Waals surface area (Å²) in [6.07, 6.45) is 1.86. The summed E-state index contributed by atoms with van der Waals surface area (Å²) >= 11 is 0. The van der Waals surface area contributed by atoms with Crippen molar-refractivity contribution in [3.8, 4) is 0 Å². The number of primary amides is 1. The maximum Gasteiger partial charge on any atom is 0.368 e. The van der Waals surface area contributed by atoms with Gasteiger partial charge < -0.3 is 5.73 Å². The molecule has 3 N–H and O–H groups in total. The molecule has 0 saturated heterocycles. The Labute approximate surface area is 70.9 Å². The fraction of sp³-hybridized carbons (Fsp3) is 0. The monoisotopic (exact) mass is 185 g/mol. The second-order valence-electron chi connectivity index (χ2n) is 1.46. The number of carbonyl (C=O) groups is 2. The molecule has 0 aliphatic carbocycles. The number of nitrogens with two attached hydrogens (primary N) is 1. The van der Waals surface area contributed by atoms with Crippen LogP contribution in [0.1, 0.15) is 0 Å². The van der Waals surface area contributed by atoms with Gasteiger partial charge in [0, 0.05) is 0 Å². The Morgan fingerprint density at radius 2 is 1.92 bits per heavy atom. The van der Waals surface area contributed by atoms with Crippen LogP contribution in [-0.2, 0) is 9.59 Å². The smallest absolute Gasteiger partial charge is 0.350 e. The van der Waals surface area contributed by atoms with Crippen LogP contribution in [0.25, 0.3) is 0 Å². The third-order valence-corrected chi connectivity index (χ3v) is 0.739. The lowest BCUT2D eigenvalue weighted by molar-refractivity contribution is 0.193. The number of imide groups is 1. The first kappa shape index (κ1) is 10.5. The Kier molecular flexibility index (Phi) is 4.19. The third-order valence-electron chi connectivity index (χ3n) is 0.739. The highest BCUT2D eigenvalue weighted by Gasteiger charge is 2.17. The lowest BCUT2D eigenvalue weighted by Gasteiger charge is -2.06. The highest BCUT2D eigenvalue weighted by molar-refractivity contribution is 5.92. The number of hydrogen-bond acceptors (Lipinski definition) is 6. The largest absolute Gasteiger partial charge is 0.368 e. The number of nitrogens with one attached hydrogen (secondary N) is 1. The SMILES string of the molecule is NC(=O)N(N=C=O)C(=O)NN=C=O. The van der Waals surface area contributed by atoms with Gasteiger partial charge in [0.2, 0.25) is 0 Å². The number of nitrogens with zero attached hydrogens (tertiary/aromatic N) is 3. The first-order valence-electron chi connectivity index (χ1n) is 2.67. The molecular formula is C4H3N5O4. The van der Waals surface area contributed by atoms with Gasteiger partial charge in [-0.25, -0.2) is 24.6 Å². The molecule has 9 nitrogen and oxygen atoms in total. The number of rotatable bonds is 2. The second-order valence-corrected chi connectivity index (χ2v) is 1.46.